The summed E-state index contributed by atoms with van der Waals surface area (Å²) >= 11 is 0. The average Bonchev–Trinajstić information content (AvgIpc) is 2.37. The fraction of sp³-hybridized carbons (Fsp3) is 0.429. The first-order valence-corrected chi connectivity index (χ1v) is 6.19. The van der Waals surface area contributed by atoms with E-state index in [-0.39, 0.29) is 5.91 Å². The monoisotopic (exact) mass is 264 g/mol. The number of methoxy groups -OCH3 is 1. The van der Waals surface area contributed by atoms with Gasteiger partial charge in [-0.05, 0) is 24.5 Å². The van der Waals surface area contributed by atoms with E-state index in [1.54, 1.807) is 24.3 Å². The quantitative estimate of drug-likeness (QED) is 0.794. The van der Waals surface area contributed by atoms with Gasteiger partial charge < -0.3 is 15.8 Å². The third-order valence-corrected chi connectivity index (χ3v) is 2.65. The summed E-state index contributed by atoms with van der Waals surface area (Å²) in [4.78, 5) is 23.5. The number of hydrogen-bond acceptors (Lipinski definition) is 4. The van der Waals surface area contributed by atoms with Gasteiger partial charge in [0.1, 0.15) is 0 Å². The number of hydrogen-bond donors (Lipinski definition) is 2. The lowest BCUT2D eigenvalue weighted by molar-refractivity contribution is -0.117. The summed E-state index contributed by atoms with van der Waals surface area (Å²) in [5.41, 5.74) is 6.53. The summed E-state index contributed by atoms with van der Waals surface area (Å²) in [6.07, 6.45) is 0.590. The summed E-state index contributed by atoms with van der Waals surface area (Å²) in [5.74, 6) is -0.463. The van der Waals surface area contributed by atoms with E-state index >= 15 is 0 Å². The van der Waals surface area contributed by atoms with E-state index in [1.165, 1.54) is 7.11 Å². The van der Waals surface area contributed by atoms with E-state index in [1.807, 2.05) is 13.8 Å². The van der Waals surface area contributed by atoms with Crippen LogP contribution in [-0.4, -0.2) is 25.0 Å². The molecule has 0 unspecified atom stereocenters. The molecular weight excluding hydrogens is 244 g/mol. The first-order valence-electron chi connectivity index (χ1n) is 6.19. The van der Waals surface area contributed by atoms with Crippen molar-refractivity contribution in [3.8, 4) is 0 Å². The van der Waals surface area contributed by atoms with Crippen molar-refractivity contribution in [1.29, 1.82) is 0 Å². The third kappa shape index (κ3) is 4.37. The number of carbonyl (C=O) groups is 2. The molecule has 0 aliphatic carbocycles. The standard InChI is InChI=1S/C14H20N2O3/c1-9(2)8-11(15)13(17)16-12-7-5-4-6-10(12)14(18)19-3/h4-7,9,11H,8,15H2,1-3H3,(H,16,17)/t11-/m1/s1. The predicted octanol–water partition coefficient (Wildman–Crippen LogP) is 1.79. The molecule has 0 aliphatic rings. The molecule has 1 atom stereocenters. The van der Waals surface area contributed by atoms with Crippen molar-refractivity contribution in [2.24, 2.45) is 11.7 Å². The van der Waals surface area contributed by atoms with Crippen molar-refractivity contribution >= 4 is 17.6 Å². The Morgan fingerprint density at radius 1 is 1.32 bits per heavy atom. The molecule has 1 amide bonds. The van der Waals surface area contributed by atoms with Crippen LogP contribution in [0, 0.1) is 5.92 Å². The van der Waals surface area contributed by atoms with Crippen molar-refractivity contribution in [2.75, 3.05) is 12.4 Å². The van der Waals surface area contributed by atoms with Gasteiger partial charge in [0.05, 0.1) is 24.4 Å². The number of amides is 1. The Morgan fingerprint density at radius 2 is 1.95 bits per heavy atom. The van der Waals surface area contributed by atoms with Crippen molar-refractivity contribution in [1.82, 2.24) is 0 Å². The molecule has 5 heteroatoms. The van der Waals surface area contributed by atoms with Crippen molar-refractivity contribution in [3.63, 3.8) is 0 Å². The second-order valence-corrected chi connectivity index (χ2v) is 4.76. The largest absolute Gasteiger partial charge is 0.465 e. The van der Waals surface area contributed by atoms with Crippen LogP contribution >= 0.6 is 0 Å². The number of nitrogens with two attached hydrogens (primary N) is 1. The van der Waals surface area contributed by atoms with E-state index in [9.17, 15) is 9.59 Å². The first-order chi connectivity index (χ1) is 8.95. The van der Waals surface area contributed by atoms with E-state index in [4.69, 9.17) is 5.73 Å². The molecule has 0 aliphatic heterocycles. The molecule has 3 N–H and O–H groups in total. The van der Waals surface area contributed by atoms with Gasteiger partial charge in [0, 0.05) is 0 Å². The zero-order chi connectivity index (χ0) is 14.4. The second-order valence-electron chi connectivity index (χ2n) is 4.76. The topological polar surface area (TPSA) is 81.4 Å². The minimum Gasteiger partial charge on any atom is -0.465 e. The van der Waals surface area contributed by atoms with E-state index < -0.39 is 12.0 Å². The normalized spacial score (nSPS) is 12.1. The lowest BCUT2D eigenvalue weighted by Crippen LogP contribution is -2.37. The first kappa shape index (κ1) is 15.2. The van der Waals surface area contributed by atoms with E-state index in [0.717, 1.165) is 0 Å². The molecule has 0 saturated heterocycles. The Bertz CT molecular complexity index is 458. The molecule has 1 aromatic carbocycles. The maximum atomic E-state index is 11.9. The number of anilines is 1. The van der Waals surface area contributed by atoms with Crippen molar-refractivity contribution in [3.05, 3.63) is 29.8 Å². The summed E-state index contributed by atoms with van der Waals surface area (Å²) in [6, 6.07) is 6.08. The zero-order valence-corrected chi connectivity index (χ0v) is 11.5. The molecule has 0 spiro atoms. The van der Waals surface area contributed by atoms with Crippen molar-refractivity contribution in [2.45, 2.75) is 26.3 Å². The van der Waals surface area contributed by atoms with E-state index in [2.05, 4.69) is 10.1 Å². The maximum Gasteiger partial charge on any atom is 0.339 e. The molecule has 0 saturated carbocycles. The van der Waals surface area contributed by atoms with Gasteiger partial charge in [-0.1, -0.05) is 26.0 Å². The number of benzene rings is 1. The minimum absolute atomic E-state index is 0.301. The Hall–Kier alpha value is -1.88. The number of para-hydroxylation sites is 1. The molecule has 0 heterocycles. The van der Waals surface area contributed by atoms with Crippen LogP contribution in [0.15, 0.2) is 24.3 Å². The Morgan fingerprint density at radius 3 is 2.53 bits per heavy atom. The Balaban J connectivity index is 2.82. The molecule has 0 aromatic heterocycles. The third-order valence-electron chi connectivity index (χ3n) is 2.65. The SMILES string of the molecule is COC(=O)c1ccccc1NC(=O)[C@H](N)CC(C)C. The van der Waals surface area contributed by atoms with Crippen LogP contribution in [0.1, 0.15) is 30.6 Å². The summed E-state index contributed by atoms with van der Waals surface area (Å²) in [5, 5.41) is 2.67. The summed E-state index contributed by atoms with van der Waals surface area (Å²) < 4.78 is 4.66. The Kier molecular flexibility index (Phi) is 5.51. The predicted molar refractivity (Wildman–Crippen MR) is 73.8 cm³/mol. The molecule has 19 heavy (non-hydrogen) atoms. The zero-order valence-electron chi connectivity index (χ0n) is 11.5. The second kappa shape index (κ2) is 6.89. The van der Waals surface area contributed by atoms with Gasteiger partial charge >= 0.3 is 5.97 Å². The highest BCUT2D eigenvalue weighted by atomic mass is 16.5. The van der Waals surface area contributed by atoms with E-state index in [0.29, 0.717) is 23.6 Å². The van der Waals surface area contributed by atoms with Gasteiger partial charge in [0.2, 0.25) is 5.91 Å². The fourth-order valence-electron chi connectivity index (χ4n) is 1.72. The number of ether oxygens (including phenoxy) is 1. The van der Waals surface area contributed by atoms with Crippen LogP contribution in [0.25, 0.3) is 0 Å². The molecule has 5 nitrogen and oxygen atoms in total. The number of carbonyl (C=O) groups excluding carboxylic acids is 2. The number of nitrogens with one attached hydrogen (secondary N) is 1. The fourth-order valence-corrected chi connectivity index (χ4v) is 1.72. The van der Waals surface area contributed by atoms with Gasteiger partial charge in [-0.25, -0.2) is 4.79 Å². The highest BCUT2D eigenvalue weighted by molar-refractivity contribution is 6.02. The lowest BCUT2D eigenvalue weighted by atomic mass is 10.0. The van der Waals surface area contributed by atoms with Crippen LogP contribution in [-0.2, 0) is 9.53 Å². The van der Waals surface area contributed by atoms with Gasteiger partial charge in [-0.3, -0.25) is 4.79 Å². The van der Waals surface area contributed by atoms with Gasteiger partial charge in [0.25, 0.3) is 0 Å². The highest BCUT2D eigenvalue weighted by Crippen LogP contribution is 2.16. The summed E-state index contributed by atoms with van der Waals surface area (Å²) in [6.45, 7) is 3.99. The molecule has 0 radical (unpaired) electrons. The highest BCUT2D eigenvalue weighted by Gasteiger charge is 2.18. The van der Waals surface area contributed by atoms with Crippen molar-refractivity contribution < 1.29 is 14.3 Å². The molecular formula is C14H20N2O3. The van der Waals surface area contributed by atoms with Gasteiger partial charge in [-0.2, -0.15) is 0 Å². The number of esters is 1. The van der Waals surface area contributed by atoms with Crippen LogP contribution in [0.2, 0.25) is 0 Å². The van der Waals surface area contributed by atoms with Crippen LogP contribution in [0.5, 0.6) is 0 Å². The van der Waals surface area contributed by atoms with Crippen LogP contribution in [0.3, 0.4) is 0 Å². The van der Waals surface area contributed by atoms with Gasteiger partial charge in [0.15, 0.2) is 0 Å². The molecule has 1 rings (SSSR count). The smallest absolute Gasteiger partial charge is 0.339 e. The van der Waals surface area contributed by atoms with Crippen LogP contribution < -0.4 is 11.1 Å². The lowest BCUT2D eigenvalue weighted by Gasteiger charge is -2.15. The minimum atomic E-state index is -0.592. The van der Waals surface area contributed by atoms with Crippen LogP contribution in [0.4, 0.5) is 5.69 Å². The molecule has 1 aromatic rings. The maximum absolute atomic E-state index is 11.9. The molecule has 0 bridgehead atoms. The Labute approximate surface area is 113 Å². The molecule has 104 valence electrons. The number of rotatable bonds is 5. The molecule has 0 fully saturated rings. The summed E-state index contributed by atoms with van der Waals surface area (Å²) in [7, 11) is 1.30. The average molecular weight is 264 g/mol. The van der Waals surface area contributed by atoms with Gasteiger partial charge in [-0.15, -0.1) is 0 Å².